The Labute approximate surface area is 159 Å². The van der Waals surface area contributed by atoms with Crippen molar-refractivity contribution < 1.29 is 9.50 Å². The molecule has 1 aliphatic rings. The number of nitrogens with zero attached hydrogens (tertiary/aromatic N) is 2. The van der Waals surface area contributed by atoms with Crippen molar-refractivity contribution in [1.29, 1.82) is 0 Å². The summed E-state index contributed by atoms with van der Waals surface area (Å²) in [4.78, 5) is 7.73. The quantitative estimate of drug-likeness (QED) is 0.737. The van der Waals surface area contributed by atoms with Gasteiger partial charge >= 0.3 is 0 Å². The van der Waals surface area contributed by atoms with Crippen LogP contribution in [0.2, 0.25) is 0 Å². The van der Waals surface area contributed by atoms with Gasteiger partial charge in [0.2, 0.25) is 0 Å². The van der Waals surface area contributed by atoms with Crippen molar-refractivity contribution in [1.82, 2.24) is 9.88 Å². The second kappa shape index (κ2) is 7.33. The first-order valence-corrected chi connectivity index (χ1v) is 9.51. The molecule has 1 aliphatic heterocycles. The molecule has 3 aromatic rings. The van der Waals surface area contributed by atoms with Crippen LogP contribution in [-0.4, -0.2) is 47.7 Å². The van der Waals surface area contributed by atoms with Crippen LogP contribution in [0.5, 0.6) is 0 Å². The maximum atomic E-state index is 14.0. The number of β-amino-alcohol motifs (C(OH)–C–C–N with tert-alkyl or cyclic N) is 1. The molecule has 2 N–H and O–H groups in total. The standard InChI is InChI=1S/C22H26FN3O/c1-15-7-8-17-19(13-15)24-16(2)22(17)21(27)14-25-9-11-26(12-10-25)20-6-4-3-5-18(20)23/h3-8,13,21,24,27H,9-12,14H2,1-2H3. The number of benzene rings is 2. The topological polar surface area (TPSA) is 42.5 Å². The lowest BCUT2D eigenvalue weighted by Crippen LogP contribution is -2.47. The first-order valence-electron chi connectivity index (χ1n) is 9.51. The summed E-state index contributed by atoms with van der Waals surface area (Å²) in [5.41, 5.74) is 4.95. The molecule has 142 valence electrons. The van der Waals surface area contributed by atoms with Crippen molar-refractivity contribution in [2.45, 2.75) is 20.0 Å². The van der Waals surface area contributed by atoms with Crippen LogP contribution in [0.4, 0.5) is 10.1 Å². The largest absolute Gasteiger partial charge is 0.387 e. The van der Waals surface area contributed by atoms with E-state index >= 15 is 0 Å². The number of anilines is 1. The van der Waals surface area contributed by atoms with Gasteiger partial charge in [0.1, 0.15) is 5.82 Å². The van der Waals surface area contributed by atoms with Gasteiger partial charge in [-0.15, -0.1) is 0 Å². The lowest BCUT2D eigenvalue weighted by molar-refractivity contribution is 0.110. The van der Waals surface area contributed by atoms with Crippen molar-refractivity contribution >= 4 is 16.6 Å². The molecule has 0 bridgehead atoms. The summed E-state index contributed by atoms with van der Waals surface area (Å²) in [6.45, 7) is 7.83. The van der Waals surface area contributed by atoms with E-state index in [1.54, 1.807) is 6.07 Å². The van der Waals surface area contributed by atoms with Crippen molar-refractivity contribution in [3.63, 3.8) is 0 Å². The SMILES string of the molecule is Cc1ccc2c(C(O)CN3CCN(c4ccccc4F)CC3)c(C)[nH]c2c1. The number of hydrogen-bond donors (Lipinski definition) is 2. The molecule has 4 nitrogen and oxygen atoms in total. The summed E-state index contributed by atoms with van der Waals surface area (Å²) in [7, 11) is 0. The number of para-hydroxylation sites is 1. The Bertz CT molecular complexity index is 944. The number of aromatic nitrogens is 1. The molecule has 0 spiro atoms. The number of hydrogen-bond acceptors (Lipinski definition) is 3. The Morgan fingerprint density at radius 2 is 1.81 bits per heavy atom. The molecule has 1 saturated heterocycles. The van der Waals surface area contributed by atoms with Crippen LogP contribution < -0.4 is 4.90 Å². The first-order chi connectivity index (χ1) is 13.0. The van der Waals surface area contributed by atoms with Gasteiger partial charge in [0.05, 0.1) is 11.8 Å². The maximum Gasteiger partial charge on any atom is 0.146 e. The van der Waals surface area contributed by atoms with E-state index in [9.17, 15) is 9.50 Å². The summed E-state index contributed by atoms with van der Waals surface area (Å²) in [5.74, 6) is -0.171. The fourth-order valence-corrected chi connectivity index (χ4v) is 4.11. The molecule has 2 heterocycles. The van der Waals surface area contributed by atoms with E-state index in [4.69, 9.17) is 0 Å². The Hall–Kier alpha value is -2.37. The van der Waals surface area contributed by atoms with Crippen LogP contribution in [0.15, 0.2) is 42.5 Å². The number of nitrogens with one attached hydrogen (secondary N) is 1. The number of aromatic amines is 1. The number of fused-ring (bicyclic) bond motifs is 1. The van der Waals surface area contributed by atoms with Gasteiger partial charge in [0.25, 0.3) is 0 Å². The van der Waals surface area contributed by atoms with Gasteiger partial charge in [-0.05, 0) is 37.6 Å². The van der Waals surface area contributed by atoms with Crippen LogP contribution in [0, 0.1) is 19.7 Å². The maximum absolute atomic E-state index is 14.0. The number of piperazine rings is 1. The van der Waals surface area contributed by atoms with Gasteiger partial charge in [0.15, 0.2) is 0 Å². The van der Waals surface area contributed by atoms with E-state index < -0.39 is 6.10 Å². The molecule has 1 unspecified atom stereocenters. The Kier molecular flexibility index (Phi) is 4.89. The number of halogens is 1. The minimum atomic E-state index is -0.540. The average molecular weight is 367 g/mol. The van der Waals surface area contributed by atoms with Gasteiger partial charge in [0, 0.05) is 54.9 Å². The van der Waals surface area contributed by atoms with E-state index in [1.165, 1.54) is 11.6 Å². The Balaban J connectivity index is 1.44. The van der Waals surface area contributed by atoms with Crippen molar-refractivity contribution in [2.24, 2.45) is 0 Å². The smallest absolute Gasteiger partial charge is 0.146 e. The molecule has 0 amide bonds. The highest BCUT2D eigenvalue weighted by atomic mass is 19.1. The molecule has 4 rings (SSSR count). The van der Waals surface area contributed by atoms with Gasteiger partial charge in [-0.2, -0.15) is 0 Å². The third-order valence-electron chi connectivity index (χ3n) is 5.52. The monoisotopic (exact) mass is 367 g/mol. The van der Waals surface area contributed by atoms with Crippen molar-refractivity contribution in [3.05, 3.63) is 65.1 Å². The third kappa shape index (κ3) is 3.57. The molecule has 0 radical (unpaired) electrons. The predicted molar refractivity (Wildman–Crippen MR) is 108 cm³/mol. The molecule has 0 saturated carbocycles. The summed E-state index contributed by atoms with van der Waals surface area (Å²) < 4.78 is 14.0. The second-order valence-corrected chi connectivity index (χ2v) is 7.47. The van der Waals surface area contributed by atoms with Crippen LogP contribution in [0.25, 0.3) is 10.9 Å². The summed E-state index contributed by atoms with van der Waals surface area (Å²) in [6, 6.07) is 13.2. The molecule has 1 atom stereocenters. The molecular formula is C22H26FN3O. The zero-order chi connectivity index (χ0) is 19.0. The molecule has 0 aliphatic carbocycles. The third-order valence-corrected chi connectivity index (χ3v) is 5.52. The number of aryl methyl sites for hydroxylation is 2. The van der Waals surface area contributed by atoms with E-state index in [0.717, 1.165) is 48.3 Å². The molecule has 1 aromatic heterocycles. The van der Waals surface area contributed by atoms with Crippen molar-refractivity contribution in [2.75, 3.05) is 37.6 Å². The summed E-state index contributed by atoms with van der Waals surface area (Å²) >= 11 is 0. The minimum Gasteiger partial charge on any atom is -0.387 e. The van der Waals surface area contributed by atoms with Gasteiger partial charge in [-0.25, -0.2) is 4.39 Å². The predicted octanol–water partition coefficient (Wildman–Crippen LogP) is 3.78. The second-order valence-electron chi connectivity index (χ2n) is 7.47. The van der Waals surface area contributed by atoms with Crippen LogP contribution in [0.1, 0.15) is 22.9 Å². The van der Waals surface area contributed by atoms with Crippen LogP contribution in [0.3, 0.4) is 0 Å². The molecule has 1 fully saturated rings. The number of aliphatic hydroxyl groups excluding tert-OH is 1. The van der Waals surface area contributed by atoms with Gasteiger partial charge in [-0.3, -0.25) is 4.90 Å². The lowest BCUT2D eigenvalue weighted by atomic mass is 10.0. The Morgan fingerprint density at radius 1 is 1.07 bits per heavy atom. The van der Waals surface area contributed by atoms with Crippen LogP contribution >= 0.6 is 0 Å². The van der Waals surface area contributed by atoms with Gasteiger partial charge in [-0.1, -0.05) is 24.3 Å². The van der Waals surface area contributed by atoms with Crippen molar-refractivity contribution in [3.8, 4) is 0 Å². The zero-order valence-corrected chi connectivity index (χ0v) is 15.9. The highest BCUT2D eigenvalue weighted by Crippen LogP contribution is 2.29. The molecular weight excluding hydrogens is 341 g/mol. The number of aliphatic hydroxyl groups is 1. The average Bonchev–Trinajstić information content (AvgIpc) is 2.98. The fourth-order valence-electron chi connectivity index (χ4n) is 4.11. The van der Waals surface area contributed by atoms with E-state index in [1.807, 2.05) is 19.1 Å². The zero-order valence-electron chi connectivity index (χ0n) is 15.9. The Morgan fingerprint density at radius 3 is 2.56 bits per heavy atom. The van der Waals surface area contributed by atoms with E-state index in [2.05, 4.69) is 39.9 Å². The number of H-pyrrole nitrogens is 1. The highest BCUT2D eigenvalue weighted by Gasteiger charge is 2.24. The number of rotatable bonds is 4. The van der Waals surface area contributed by atoms with E-state index in [-0.39, 0.29) is 5.82 Å². The fraction of sp³-hybridized carbons (Fsp3) is 0.364. The molecule has 5 heteroatoms. The van der Waals surface area contributed by atoms with Crippen LogP contribution in [-0.2, 0) is 0 Å². The highest BCUT2D eigenvalue weighted by molar-refractivity contribution is 5.85. The normalized spacial score (nSPS) is 16.8. The van der Waals surface area contributed by atoms with Gasteiger partial charge < -0.3 is 15.0 Å². The summed E-state index contributed by atoms with van der Waals surface area (Å²) in [5, 5.41) is 12.0. The molecule has 27 heavy (non-hydrogen) atoms. The summed E-state index contributed by atoms with van der Waals surface area (Å²) in [6.07, 6.45) is -0.540. The minimum absolute atomic E-state index is 0.171. The molecule has 2 aromatic carbocycles. The van der Waals surface area contributed by atoms with E-state index in [0.29, 0.717) is 12.2 Å². The first kappa shape index (κ1) is 18.0. The lowest BCUT2D eigenvalue weighted by Gasteiger charge is -2.37.